The molecule has 2 aliphatic rings. The van der Waals surface area contributed by atoms with Crippen molar-refractivity contribution in [3.8, 4) is 0 Å². The van der Waals surface area contributed by atoms with Crippen LogP contribution in [0.2, 0.25) is 0 Å². The molecule has 36 heavy (non-hydrogen) atoms. The number of fused-ring (bicyclic) bond motifs is 1. The van der Waals surface area contributed by atoms with Crippen molar-refractivity contribution in [3.05, 3.63) is 71.2 Å². The molecule has 5 N–H and O–H groups in total. The van der Waals surface area contributed by atoms with E-state index in [0.29, 0.717) is 35.8 Å². The number of aromatic amines is 1. The van der Waals surface area contributed by atoms with Gasteiger partial charge in [-0.25, -0.2) is 19.3 Å². The maximum absolute atomic E-state index is 15.6. The van der Waals surface area contributed by atoms with Crippen molar-refractivity contribution in [2.45, 2.75) is 31.7 Å². The zero-order valence-electron chi connectivity index (χ0n) is 20.0. The third-order valence-corrected chi connectivity index (χ3v) is 6.39. The number of amides is 1. The van der Waals surface area contributed by atoms with Gasteiger partial charge in [0.1, 0.15) is 28.5 Å². The van der Waals surface area contributed by atoms with Gasteiger partial charge in [-0.3, -0.25) is 10.2 Å². The van der Waals surface area contributed by atoms with Crippen LogP contribution in [0.25, 0.3) is 16.6 Å². The molecule has 186 valence electrons. The van der Waals surface area contributed by atoms with Crippen molar-refractivity contribution in [2.24, 2.45) is 0 Å². The predicted molar refractivity (Wildman–Crippen MR) is 132 cm³/mol. The molecule has 1 amide bonds. The summed E-state index contributed by atoms with van der Waals surface area (Å²) in [6.07, 6.45) is 6.28. The maximum Gasteiger partial charge on any atom is 0.261 e. The van der Waals surface area contributed by atoms with E-state index in [1.54, 1.807) is 37.6 Å². The minimum Gasteiger partial charge on any atom is -0.392 e. The van der Waals surface area contributed by atoms with Crippen LogP contribution in [0, 0.1) is 11.2 Å². The van der Waals surface area contributed by atoms with Gasteiger partial charge < -0.3 is 25.7 Å². The minimum atomic E-state index is -0.472. The number of aromatic nitrogens is 4. The molecule has 1 aromatic carbocycles. The van der Waals surface area contributed by atoms with E-state index in [4.69, 9.17) is 10.1 Å². The number of carbonyl (C=O) groups excluding carboxylic acids is 1. The van der Waals surface area contributed by atoms with Gasteiger partial charge in [0.05, 0.1) is 23.0 Å². The van der Waals surface area contributed by atoms with E-state index >= 15 is 4.39 Å². The number of imidazole rings is 1. The summed E-state index contributed by atoms with van der Waals surface area (Å²) in [6.45, 7) is 3.04. The summed E-state index contributed by atoms with van der Waals surface area (Å²) in [4.78, 5) is 29.3. The van der Waals surface area contributed by atoms with E-state index in [-0.39, 0.29) is 40.1 Å². The Morgan fingerprint density at radius 3 is 2.72 bits per heavy atom. The van der Waals surface area contributed by atoms with Crippen LogP contribution in [0.15, 0.2) is 48.2 Å². The first-order valence-corrected chi connectivity index (χ1v) is 11.8. The molecule has 4 heterocycles. The number of hydrogen-bond donors (Lipinski definition) is 5. The highest BCUT2D eigenvalue weighted by Crippen LogP contribution is 2.33. The topological polar surface area (TPSA) is 141 Å². The second kappa shape index (κ2) is 9.86. The standard InChI is InChI=1S/C25H27FN8O2/c1-13(23-29-8-3-9-30-23)31-22-18(25(35)33-17(12-28-2)20(22)27)24-32-16-5-4-15(19(26)21(16)34-24)14-6-10-36-11-7-14/h3-5,8-9,12-14,27-28,31H,6-7,10-11H2,1-2H3,(H,32,34)(H,33,35)/b17-12+,27-20?. The largest absolute Gasteiger partial charge is 0.392 e. The van der Waals surface area contributed by atoms with Crippen LogP contribution >= 0.6 is 0 Å². The quantitative estimate of drug-likeness (QED) is 0.358. The summed E-state index contributed by atoms with van der Waals surface area (Å²) in [6, 6.07) is 4.81. The molecule has 0 saturated carbocycles. The molecule has 1 atom stereocenters. The average molecular weight is 491 g/mol. The highest BCUT2D eigenvalue weighted by atomic mass is 19.1. The fourth-order valence-corrected chi connectivity index (χ4v) is 4.56. The molecular formula is C25H27FN8O2. The normalized spacial score (nSPS) is 19.0. The van der Waals surface area contributed by atoms with E-state index in [2.05, 4.69) is 35.9 Å². The van der Waals surface area contributed by atoms with Gasteiger partial charge in [0.15, 0.2) is 5.82 Å². The smallest absolute Gasteiger partial charge is 0.261 e. The maximum atomic E-state index is 15.6. The molecule has 1 fully saturated rings. The van der Waals surface area contributed by atoms with Crippen molar-refractivity contribution in [1.29, 1.82) is 5.41 Å². The zero-order valence-corrected chi connectivity index (χ0v) is 20.0. The summed E-state index contributed by atoms with van der Waals surface area (Å²) in [5.74, 6) is -0.110. The molecule has 2 aliphatic heterocycles. The molecule has 0 bridgehead atoms. The molecule has 1 saturated heterocycles. The van der Waals surface area contributed by atoms with Crippen molar-refractivity contribution in [3.63, 3.8) is 0 Å². The summed E-state index contributed by atoms with van der Waals surface area (Å²) in [5, 5.41) is 17.5. The zero-order chi connectivity index (χ0) is 25.2. The number of halogens is 1. The van der Waals surface area contributed by atoms with Crippen molar-refractivity contribution in [2.75, 3.05) is 20.3 Å². The van der Waals surface area contributed by atoms with Crippen molar-refractivity contribution < 1.29 is 13.9 Å². The van der Waals surface area contributed by atoms with Crippen LogP contribution in [0.1, 0.15) is 48.9 Å². The van der Waals surface area contributed by atoms with E-state index in [0.717, 1.165) is 12.8 Å². The van der Waals surface area contributed by atoms with Crippen LogP contribution in [0.3, 0.4) is 0 Å². The molecule has 5 rings (SSSR count). The van der Waals surface area contributed by atoms with E-state index < -0.39 is 11.9 Å². The Balaban J connectivity index is 1.60. The van der Waals surface area contributed by atoms with Gasteiger partial charge in [-0.1, -0.05) is 6.07 Å². The van der Waals surface area contributed by atoms with Crippen LogP contribution in [0.4, 0.5) is 4.39 Å². The Bertz CT molecular complexity index is 1380. The first-order chi connectivity index (χ1) is 17.5. The number of hydrogen-bond acceptors (Lipinski definition) is 8. The van der Waals surface area contributed by atoms with Gasteiger partial charge in [0.25, 0.3) is 5.91 Å². The van der Waals surface area contributed by atoms with Gasteiger partial charge in [-0.15, -0.1) is 0 Å². The van der Waals surface area contributed by atoms with Crippen molar-refractivity contribution >= 4 is 28.2 Å². The van der Waals surface area contributed by atoms with Gasteiger partial charge in [-0.2, -0.15) is 0 Å². The number of H-pyrrole nitrogens is 1. The average Bonchev–Trinajstić information content (AvgIpc) is 3.33. The Labute approximate surface area is 207 Å². The lowest BCUT2D eigenvalue weighted by Gasteiger charge is -2.26. The van der Waals surface area contributed by atoms with Crippen LogP contribution in [0.5, 0.6) is 0 Å². The minimum absolute atomic E-state index is 0.0468. The number of nitrogens with one attached hydrogen (secondary N) is 5. The monoisotopic (exact) mass is 490 g/mol. The molecule has 2 aromatic heterocycles. The number of rotatable bonds is 6. The van der Waals surface area contributed by atoms with Gasteiger partial charge in [-0.05, 0) is 43.4 Å². The van der Waals surface area contributed by atoms with Crippen LogP contribution in [-0.4, -0.2) is 51.8 Å². The molecule has 10 nitrogen and oxygen atoms in total. The summed E-state index contributed by atoms with van der Waals surface area (Å²) < 4.78 is 21.0. The first kappa shape index (κ1) is 23.6. The molecular weight excluding hydrogens is 463 g/mol. The van der Waals surface area contributed by atoms with E-state index in [1.807, 2.05) is 6.92 Å². The third-order valence-electron chi connectivity index (χ3n) is 6.39. The molecule has 0 aliphatic carbocycles. The second-order valence-electron chi connectivity index (χ2n) is 8.73. The van der Waals surface area contributed by atoms with E-state index in [1.165, 1.54) is 6.20 Å². The Morgan fingerprint density at radius 2 is 2.00 bits per heavy atom. The number of carbonyl (C=O) groups is 1. The number of nitrogens with zero attached hydrogens (tertiary/aromatic N) is 3. The Kier molecular flexibility index (Phi) is 6.47. The summed E-state index contributed by atoms with van der Waals surface area (Å²) in [5.41, 5.74) is 1.94. The first-order valence-electron chi connectivity index (χ1n) is 11.8. The molecule has 1 unspecified atom stereocenters. The van der Waals surface area contributed by atoms with Gasteiger partial charge >= 0.3 is 0 Å². The van der Waals surface area contributed by atoms with Gasteiger partial charge in [0.2, 0.25) is 0 Å². The van der Waals surface area contributed by atoms with E-state index in [9.17, 15) is 4.79 Å². The van der Waals surface area contributed by atoms with Crippen LogP contribution in [-0.2, 0) is 9.53 Å². The van der Waals surface area contributed by atoms with Crippen molar-refractivity contribution in [1.82, 2.24) is 35.9 Å². The molecule has 11 heteroatoms. The highest BCUT2D eigenvalue weighted by molar-refractivity contribution is 6.33. The number of benzene rings is 1. The van der Waals surface area contributed by atoms with Crippen LogP contribution < -0.4 is 16.0 Å². The van der Waals surface area contributed by atoms with Gasteiger partial charge in [0, 0.05) is 38.9 Å². The molecule has 0 radical (unpaired) electrons. The lowest BCUT2D eigenvalue weighted by atomic mass is 9.91. The molecule has 3 aromatic rings. The fraction of sp³-hybridized carbons (Fsp3) is 0.320. The molecule has 0 spiro atoms. The summed E-state index contributed by atoms with van der Waals surface area (Å²) >= 11 is 0. The lowest BCUT2D eigenvalue weighted by Crippen LogP contribution is -2.41. The predicted octanol–water partition coefficient (Wildman–Crippen LogP) is 2.66. The Hall–Kier alpha value is -4.12. The third kappa shape index (κ3) is 4.33. The highest BCUT2D eigenvalue weighted by Gasteiger charge is 2.33. The lowest BCUT2D eigenvalue weighted by molar-refractivity contribution is -0.115. The fourth-order valence-electron chi connectivity index (χ4n) is 4.56. The summed E-state index contributed by atoms with van der Waals surface area (Å²) in [7, 11) is 1.68. The number of ether oxygens (including phenoxy) is 1. The Morgan fingerprint density at radius 1 is 1.25 bits per heavy atom. The SMILES string of the molecule is CN/C=C1/NC(=O)C(c2nc3ccc(C4CCOCC4)c(F)c3[nH]2)=C(NC(C)c2ncccn2)C1=N. The second-order valence-corrected chi connectivity index (χ2v) is 8.73.